The highest BCUT2D eigenvalue weighted by Gasteiger charge is 2.27. The standard InChI is InChI=1S/C9H18N4O2/c1-3-12(2)9(14)13-4-5-15-7(6-13)8(10)11/h7H,3-6H2,1-2H3,(H3,10,11). The molecule has 0 aromatic rings. The van der Waals surface area contributed by atoms with Crippen LogP contribution in [0.4, 0.5) is 4.79 Å². The summed E-state index contributed by atoms with van der Waals surface area (Å²) in [5.74, 6) is -0.0216. The van der Waals surface area contributed by atoms with Crippen molar-refractivity contribution in [3.05, 3.63) is 0 Å². The van der Waals surface area contributed by atoms with Gasteiger partial charge in [-0.3, -0.25) is 5.41 Å². The number of amides is 2. The van der Waals surface area contributed by atoms with E-state index in [1.165, 1.54) is 0 Å². The van der Waals surface area contributed by atoms with Crippen LogP contribution in [0.15, 0.2) is 0 Å². The Morgan fingerprint density at radius 1 is 1.73 bits per heavy atom. The van der Waals surface area contributed by atoms with Crippen LogP contribution in [0, 0.1) is 5.41 Å². The van der Waals surface area contributed by atoms with Gasteiger partial charge in [0.2, 0.25) is 0 Å². The minimum atomic E-state index is -0.451. The minimum absolute atomic E-state index is 0.0216. The van der Waals surface area contributed by atoms with E-state index in [0.29, 0.717) is 26.2 Å². The third-order valence-corrected chi connectivity index (χ3v) is 2.48. The molecule has 86 valence electrons. The Balaban J connectivity index is 2.56. The number of rotatable bonds is 2. The van der Waals surface area contributed by atoms with Crippen molar-refractivity contribution in [2.75, 3.05) is 33.3 Å². The number of morpholine rings is 1. The van der Waals surface area contributed by atoms with E-state index >= 15 is 0 Å². The molecule has 0 aromatic carbocycles. The van der Waals surface area contributed by atoms with Gasteiger partial charge in [0, 0.05) is 20.1 Å². The zero-order chi connectivity index (χ0) is 11.4. The van der Waals surface area contributed by atoms with Crippen LogP contribution in [0.3, 0.4) is 0 Å². The van der Waals surface area contributed by atoms with E-state index in [0.717, 1.165) is 0 Å². The van der Waals surface area contributed by atoms with Crippen LogP contribution in [-0.4, -0.2) is 61.1 Å². The lowest BCUT2D eigenvalue weighted by Gasteiger charge is -2.34. The third-order valence-electron chi connectivity index (χ3n) is 2.48. The molecule has 1 heterocycles. The molecule has 0 aromatic heterocycles. The summed E-state index contributed by atoms with van der Waals surface area (Å²) in [7, 11) is 1.75. The second kappa shape index (κ2) is 4.97. The van der Waals surface area contributed by atoms with Crippen molar-refractivity contribution < 1.29 is 9.53 Å². The van der Waals surface area contributed by atoms with E-state index in [1.807, 2.05) is 6.92 Å². The van der Waals surface area contributed by atoms with Gasteiger partial charge in [0.25, 0.3) is 0 Å². The van der Waals surface area contributed by atoms with Gasteiger partial charge in [0.1, 0.15) is 11.9 Å². The van der Waals surface area contributed by atoms with Crippen LogP contribution in [0.5, 0.6) is 0 Å². The van der Waals surface area contributed by atoms with Gasteiger partial charge in [-0.05, 0) is 6.92 Å². The average Bonchev–Trinajstić information content (AvgIpc) is 2.27. The fourth-order valence-electron chi connectivity index (χ4n) is 1.39. The fourth-order valence-corrected chi connectivity index (χ4v) is 1.39. The molecule has 1 aliphatic heterocycles. The summed E-state index contributed by atoms with van der Waals surface area (Å²) in [5.41, 5.74) is 5.34. The summed E-state index contributed by atoms with van der Waals surface area (Å²) < 4.78 is 5.27. The number of nitrogens with one attached hydrogen (secondary N) is 1. The van der Waals surface area contributed by atoms with Gasteiger partial charge in [0.15, 0.2) is 0 Å². The van der Waals surface area contributed by atoms with Gasteiger partial charge in [-0.2, -0.15) is 0 Å². The maximum absolute atomic E-state index is 11.8. The molecule has 3 N–H and O–H groups in total. The molecule has 0 saturated carbocycles. The first kappa shape index (κ1) is 11.8. The van der Waals surface area contributed by atoms with Gasteiger partial charge in [-0.1, -0.05) is 0 Å². The lowest BCUT2D eigenvalue weighted by Crippen LogP contribution is -2.53. The number of carbonyl (C=O) groups excluding carboxylic acids is 1. The van der Waals surface area contributed by atoms with Gasteiger partial charge < -0.3 is 20.3 Å². The summed E-state index contributed by atoms with van der Waals surface area (Å²) in [6.07, 6.45) is -0.451. The van der Waals surface area contributed by atoms with Gasteiger partial charge in [-0.25, -0.2) is 4.79 Å². The molecular formula is C9H18N4O2. The van der Waals surface area contributed by atoms with E-state index < -0.39 is 6.10 Å². The second-order valence-electron chi connectivity index (χ2n) is 3.56. The molecule has 1 fully saturated rings. The van der Waals surface area contributed by atoms with Crippen LogP contribution in [-0.2, 0) is 4.74 Å². The molecule has 1 unspecified atom stereocenters. The number of ether oxygens (including phenoxy) is 1. The molecule has 1 aliphatic rings. The zero-order valence-corrected chi connectivity index (χ0v) is 9.19. The molecule has 0 spiro atoms. The number of amidine groups is 1. The van der Waals surface area contributed by atoms with Crippen molar-refractivity contribution >= 4 is 11.9 Å². The number of hydrogen-bond donors (Lipinski definition) is 2. The number of nitrogens with two attached hydrogens (primary N) is 1. The van der Waals surface area contributed by atoms with Crippen molar-refractivity contribution in [1.29, 1.82) is 5.41 Å². The highest BCUT2D eigenvalue weighted by Crippen LogP contribution is 2.07. The summed E-state index contributed by atoms with van der Waals surface area (Å²) in [4.78, 5) is 15.1. The lowest BCUT2D eigenvalue weighted by molar-refractivity contribution is 0.0154. The van der Waals surface area contributed by atoms with Crippen molar-refractivity contribution in [1.82, 2.24) is 9.80 Å². The normalized spacial score (nSPS) is 21.2. The molecule has 1 rings (SSSR count). The van der Waals surface area contributed by atoms with E-state index in [-0.39, 0.29) is 11.9 Å². The predicted molar refractivity (Wildman–Crippen MR) is 56.9 cm³/mol. The van der Waals surface area contributed by atoms with Crippen LogP contribution in [0.2, 0.25) is 0 Å². The largest absolute Gasteiger partial charge is 0.385 e. The molecule has 0 aliphatic carbocycles. The van der Waals surface area contributed by atoms with Crippen LogP contribution < -0.4 is 5.73 Å². The number of hydrogen-bond acceptors (Lipinski definition) is 3. The van der Waals surface area contributed by atoms with E-state index in [1.54, 1.807) is 16.8 Å². The van der Waals surface area contributed by atoms with Crippen molar-refractivity contribution in [2.24, 2.45) is 5.73 Å². The Morgan fingerprint density at radius 3 is 2.93 bits per heavy atom. The summed E-state index contributed by atoms with van der Waals surface area (Å²) >= 11 is 0. The van der Waals surface area contributed by atoms with Crippen molar-refractivity contribution in [2.45, 2.75) is 13.0 Å². The molecular weight excluding hydrogens is 196 g/mol. The summed E-state index contributed by atoms with van der Waals surface area (Å²) in [5, 5.41) is 7.27. The van der Waals surface area contributed by atoms with E-state index in [2.05, 4.69) is 0 Å². The molecule has 0 bridgehead atoms. The van der Waals surface area contributed by atoms with Gasteiger partial charge in [-0.15, -0.1) is 0 Å². The first-order valence-corrected chi connectivity index (χ1v) is 5.01. The summed E-state index contributed by atoms with van der Waals surface area (Å²) in [6, 6.07) is -0.0351. The van der Waals surface area contributed by atoms with Gasteiger partial charge in [0.05, 0.1) is 13.2 Å². The monoisotopic (exact) mass is 214 g/mol. The topological polar surface area (TPSA) is 82.7 Å². The Labute approximate surface area is 89.5 Å². The Kier molecular flexibility index (Phi) is 3.90. The molecule has 0 radical (unpaired) electrons. The summed E-state index contributed by atoms with van der Waals surface area (Å²) in [6.45, 7) is 3.96. The molecule has 6 nitrogen and oxygen atoms in total. The maximum Gasteiger partial charge on any atom is 0.319 e. The van der Waals surface area contributed by atoms with Crippen LogP contribution >= 0.6 is 0 Å². The molecule has 15 heavy (non-hydrogen) atoms. The van der Waals surface area contributed by atoms with Crippen molar-refractivity contribution in [3.63, 3.8) is 0 Å². The smallest absolute Gasteiger partial charge is 0.319 e. The third kappa shape index (κ3) is 2.82. The number of carbonyl (C=O) groups is 1. The quantitative estimate of drug-likeness (QED) is 0.489. The minimum Gasteiger partial charge on any atom is -0.385 e. The first-order valence-electron chi connectivity index (χ1n) is 5.01. The molecule has 1 saturated heterocycles. The Morgan fingerprint density at radius 2 is 2.40 bits per heavy atom. The zero-order valence-electron chi connectivity index (χ0n) is 9.19. The van der Waals surface area contributed by atoms with Crippen LogP contribution in [0.1, 0.15) is 6.92 Å². The molecule has 6 heteroatoms. The SMILES string of the molecule is CCN(C)C(=O)N1CCOC(C(=N)N)C1. The fraction of sp³-hybridized carbons (Fsp3) is 0.778. The van der Waals surface area contributed by atoms with Gasteiger partial charge >= 0.3 is 6.03 Å². The highest BCUT2D eigenvalue weighted by molar-refractivity contribution is 5.83. The maximum atomic E-state index is 11.8. The average molecular weight is 214 g/mol. The predicted octanol–water partition coefficient (Wildman–Crippen LogP) is -0.305. The second-order valence-corrected chi connectivity index (χ2v) is 3.56. The number of nitrogens with zero attached hydrogens (tertiary/aromatic N) is 2. The van der Waals surface area contributed by atoms with E-state index in [9.17, 15) is 4.79 Å². The Hall–Kier alpha value is -1.30. The first-order chi connectivity index (χ1) is 7.06. The molecule has 1 atom stereocenters. The van der Waals surface area contributed by atoms with E-state index in [4.69, 9.17) is 15.9 Å². The lowest BCUT2D eigenvalue weighted by atomic mass is 10.2. The van der Waals surface area contributed by atoms with Crippen LogP contribution in [0.25, 0.3) is 0 Å². The highest BCUT2D eigenvalue weighted by atomic mass is 16.5. The number of urea groups is 1. The Bertz CT molecular complexity index is 256. The van der Waals surface area contributed by atoms with Crippen molar-refractivity contribution in [3.8, 4) is 0 Å². The molecule has 2 amide bonds.